The van der Waals surface area contributed by atoms with Gasteiger partial charge in [-0.05, 0) is 31.2 Å². The summed E-state index contributed by atoms with van der Waals surface area (Å²) in [4.78, 5) is 22.9. The zero-order valence-electron chi connectivity index (χ0n) is 20.0. The van der Waals surface area contributed by atoms with Crippen molar-refractivity contribution in [1.82, 2.24) is 19.4 Å². The molecular weight excluding hydrogens is 514 g/mol. The Morgan fingerprint density at radius 2 is 1.76 bits per heavy atom. The predicted octanol–water partition coefficient (Wildman–Crippen LogP) is 5.49. The van der Waals surface area contributed by atoms with Crippen LogP contribution in [0.3, 0.4) is 0 Å². The van der Waals surface area contributed by atoms with Crippen LogP contribution in [0.15, 0.2) is 42.6 Å². The first-order valence-electron chi connectivity index (χ1n) is 11.3. The first-order chi connectivity index (χ1) is 17.8. The van der Waals surface area contributed by atoms with Crippen LogP contribution in [0, 0.1) is 24.4 Å². The maximum Gasteiger partial charge on any atom is 0.406 e. The van der Waals surface area contributed by atoms with E-state index in [4.69, 9.17) is 5.73 Å². The third-order valence-electron chi connectivity index (χ3n) is 6.39. The molecule has 4 aromatic rings. The van der Waals surface area contributed by atoms with E-state index < -0.39 is 48.8 Å². The zero-order chi connectivity index (χ0) is 27.5. The monoisotopic (exact) mass is 534 g/mol. The standard InChI is InChI=1S/C25H20F6N6O/c1-12-33-22(32)21-17(9-35(2)23(21)34-12)15-6-4-14(8-19(15)28)36-10-20(16-5-3-13(26)7-18(16)27)37(24(36)38)11-25(29,30)31/h3-9,20H,10-11H2,1-2H3,(H2,32,33,34). The SMILES string of the molecule is Cc1nc(N)c2c(-c3ccc(N4CC(c5ccc(F)cc5F)N(CC(F)(F)F)C4=O)cc3F)cn(C)c2n1. The van der Waals surface area contributed by atoms with Crippen LogP contribution in [-0.2, 0) is 7.05 Å². The molecule has 1 fully saturated rings. The number of fused-ring (bicyclic) bond motifs is 1. The van der Waals surface area contributed by atoms with Crippen molar-refractivity contribution in [3.05, 3.63) is 71.4 Å². The van der Waals surface area contributed by atoms with E-state index in [-0.39, 0.29) is 22.6 Å². The molecule has 1 unspecified atom stereocenters. The number of amides is 2. The molecule has 1 aliphatic rings. The molecule has 1 atom stereocenters. The largest absolute Gasteiger partial charge is 0.406 e. The van der Waals surface area contributed by atoms with Gasteiger partial charge in [-0.3, -0.25) is 4.90 Å². The molecule has 0 bridgehead atoms. The van der Waals surface area contributed by atoms with Gasteiger partial charge in [-0.2, -0.15) is 13.2 Å². The van der Waals surface area contributed by atoms with E-state index in [9.17, 15) is 26.7 Å². The molecule has 5 rings (SSSR count). The molecule has 1 saturated heterocycles. The maximum absolute atomic E-state index is 15.4. The van der Waals surface area contributed by atoms with Crippen molar-refractivity contribution in [2.24, 2.45) is 7.05 Å². The highest BCUT2D eigenvalue weighted by Gasteiger charge is 2.45. The van der Waals surface area contributed by atoms with E-state index in [1.807, 2.05) is 0 Å². The topological polar surface area (TPSA) is 80.3 Å². The number of nitrogen functional groups attached to an aromatic ring is 1. The summed E-state index contributed by atoms with van der Waals surface area (Å²) in [6, 6.07) is 3.69. The number of hydrogen-bond donors (Lipinski definition) is 1. The number of carbonyl (C=O) groups is 1. The van der Waals surface area contributed by atoms with Gasteiger partial charge in [0.15, 0.2) is 0 Å². The maximum atomic E-state index is 15.4. The molecule has 7 nitrogen and oxygen atoms in total. The number of hydrogen-bond acceptors (Lipinski definition) is 4. The molecule has 0 aliphatic carbocycles. The Bertz CT molecular complexity index is 1580. The summed E-state index contributed by atoms with van der Waals surface area (Å²) in [5.74, 6) is -2.21. The van der Waals surface area contributed by atoms with Crippen molar-refractivity contribution >= 4 is 28.6 Å². The van der Waals surface area contributed by atoms with Crippen molar-refractivity contribution in [1.29, 1.82) is 0 Å². The molecule has 3 heterocycles. The normalized spacial score (nSPS) is 16.2. The molecule has 2 aromatic carbocycles. The summed E-state index contributed by atoms with van der Waals surface area (Å²) in [7, 11) is 1.71. The van der Waals surface area contributed by atoms with Crippen LogP contribution in [-0.4, -0.2) is 44.7 Å². The Hall–Kier alpha value is -4.29. The van der Waals surface area contributed by atoms with Gasteiger partial charge in [0.05, 0.1) is 18.0 Å². The summed E-state index contributed by atoms with van der Waals surface area (Å²) in [5.41, 5.74) is 6.73. The molecule has 2 N–H and O–H groups in total. The van der Waals surface area contributed by atoms with Gasteiger partial charge in [0.1, 0.15) is 41.3 Å². The minimum Gasteiger partial charge on any atom is -0.383 e. The Labute approximate surface area is 212 Å². The number of benzene rings is 2. The van der Waals surface area contributed by atoms with Gasteiger partial charge in [0.25, 0.3) is 0 Å². The molecule has 2 amide bonds. The van der Waals surface area contributed by atoms with E-state index in [1.165, 1.54) is 12.1 Å². The summed E-state index contributed by atoms with van der Waals surface area (Å²) in [5, 5.41) is 0.421. The van der Waals surface area contributed by atoms with Crippen LogP contribution in [0.2, 0.25) is 0 Å². The average Bonchev–Trinajstić information content (AvgIpc) is 3.30. The van der Waals surface area contributed by atoms with Crippen LogP contribution in [0.4, 0.5) is 42.6 Å². The van der Waals surface area contributed by atoms with Gasteiger partial charge < -0.3 is 15.2 Å². The van der Waals surface area contributed by atoms with E-state index in [1.54, 1.807) is 24.7 Å². The van der Waals surface area contributed by atoms with Crippen molar-refractivity contribution in [3.8, 4) is 11.1 Å². The Morgan fingerprint density at radius 3 is 2.42 bits per heavy atom. The number of nitrogens with two attached hydrogens (primary N) is 1. The molecule has 198 valence electrons. The fourth-order valence-corrected chi connectivity index (χ4v) is 4.77. The molecule has 0 spiro atoms. The lowest BCUT2D eigenvalue weighted by Gasteiger charge is -2.24. The Kier molecular flexibility index (Phi) is 5.96. The number of rotatable bonds is 4. The lowest BCUT2D eigenvalue weighted by atomic mass is 10.0. The lowest BCUT2D eigenvalue weighted by Crippen LogP contribution is -2.39. The molecule has 0 radical (unpaired) electrons. The van der Waals surface area contributed by atoms with Gasteiger partial charge in [-0.1, -0.05) is 6.07 Å². The summed E-state index contributed by atoms with van der Waals surface area (Å²) >= 11 is 0. The number of urea groups is 1. The third-order valence-corrected chi connectivity index (χ3v) is 6.39. The minimum atomic E-state index is -4.79. The highest BCUT2D eigenvalue weighted by molar-refractivity contribution is 6.01. The van der Waals surface area contributed by atoms with E-state index >= 15 is 4.39 Å². The van der Waals surface area contributed by atoms with Gasteiger partial charge in [-0.25, -0.2) is 27.9 Å². The van der Waals surface area contributed by atoms with Crippen molar-refractivity contribution in [2.75, 3.05) is 23.7 Å². The van der Waals surface area contributed by atoms with Crippen LogP contribution in [0.5, 0.6) is 0 Å². The number of aromatic nitrogens is 3. The first kappa shape index (κ1) is 25.4. The number of anilines is 2. The van der Waals surface area contributed by atoms with Gasteiger partial charge in [0.2, 0.25) is 0 Å². The Balaban J connectivity index is 1.54. The number of carbonyl (C=O) groups excluding carboxylic acids is 1. The van der Waals surface area contributed by atoms with Gasteiger partial charge in [-0.15, -0.1) is 0 Å². The lowest BCUT2D eigenvalue weighted by molar-refractivity contribution is -0.141. The first-order valence-corrected chi connectivity index (χ1v) is 11.3. The van der Waals surface area contributed by atoms with Crippen LogP contribution >= 0.6 is 0 Å². The van der Waals surface area contributed by atoms with Crippen molar-refractivity contribution < 1.29 is 31.1 Å². The number of alkyl halides is 3. The van der Waals surface area contributed by atoms with Crippen LogP contribution in [0.1, 0.15) is 17.4 Å². The summed E-state index contributed by atoms with van der Waals surface area (Å²) in [6.45, 7) is -0.415. The van der Waals surface area contributed by atoms with E-state index in [0.717, 1.165) is 23.1 Å². The number of aryl methyl sites for hydroxylation is 2. The number of nitrogens with zero attached hydrogens (tertiary/aromatic N) is 5. The Morgan fingerprint density at radius 1 is 1.03 bits per heavy atom. The fourth-order valence-electron chi connectivity index (χ4n) is 4.77. The average molecular weight is 534 g/mol. The van der Waals surface area contributed by atoms with Gasteiger partial charge >= 0.3 is 12.2 Å². The highest BCUT2D eigenvalue weighted by atomic mass is 19.4. The molecule has 1 aliphatic heterocycles. The smallest absolute Gasteiger partial charge is 0.383 e. The number of halogens is 6. The third kappa shape index (κ3) is 4.37. The molecule has 2 aromatic heterocycles. The predicted molar refractivity (Wildman–Crippen MR) is 128 cm³/mol. The minimum absolute atomic E-state index is 0.0336. The van der Waals surface area contributed by atoms with E-state index in [0.29, 0.717) is 33.4 Å². The zero-order valence-corrected chi connectivity index (χ0v) is 20.0. The van der Waals surface area contributed by atoms with Gasteiger partial charge in [0, 0.05) is 41.7 Å². The van der Waals surface area contributed by atoms with E-state index in [2.05, 4.69) is 9.97 Å². The highest BCUT2D eigenvalue weighted by Crippen LogP contribution is 2.39. The molecule has 13 heteroatoms. The van der Waals surface area contributed by atoms with Crippen LogP contribution in [0.25, 0.3) is 22.2 Å². The summed E-state index contributed by atoms with van der Waals surface area (Å²) in [6.07, 6.45) is -3.17. The second kappa shape index (κ2) is 8.92. The molecule has 38 heavy (non-hydrogen) atoms. The van der Waals surface area contributed by atoms with Crippen LogP contribution < -0.4 is 10.6 Å². The second-order valence-corrected chi connectivity index (χ2v) is 8.99. The second-order valence-electron chi connectivity index (χ2n) is 8.99. The summed E-state index contributed by atoms with van der Waals surface area (Å²) < 4.78 is 84.9. The van der Waals surface area contributed by atoms with Crippen molar-refractivity contribution in [3.63, 3.8) is 0 Å². The van der Waals surface area contributed by atoms with Crippen molar-refractivity contribution in [2.45, 2.75) is 19.1 Å². The quantitative estimate of drug-likeness (QED) is 0.351. The fraction of sp³-hybridized carbons (Fsp3) is 0.240. The molecular formula is C25H20F6N6O. The molecule has 0 saturated carbocycles.